The fourth-order valence-electron chi connectivity index (χ4n) is 3.43. The number of nitrogens with one attached hydrogen (secondary N) is 1. The number of hydrogen-bond donors (Lipinski definition) is 4. The van der Waals surface area contributed by atoms with E-state index in [4.69, 9.17) is 4.98 Å². The average molecular weight is 441 g/mol. The van der Waals surface area contributed by atoms with Gasteiger partial charge in [0.15, 0.2) is 10.7 Å². The summed E-state index contributed by atoms with van der Waals surface area (Å²) in [5, 5.41) is 22.9. The Balaban J connectivity index is 2.38. The number of aromatic nitrogens is 2. The first kappa shape index (κ1) is 24.5. The second-order valence-corrected chi connectivity index (χ2v) is 8.60. The van der Waals surface area contributed by atoms with Gasteiger partial charge in [-0.15, -0.1) is 0 Å². The lowest BCUT2D eigenvalue weighted by Crippen LogP contribution is -2.20. The summed E-state index contributed by atoms with van der Waals surface area (Å²) in [4.78, 5) is 4.72. The molecule has 0 amide bonds. The normalized spacial score (nSPS) is 13.9. The SMILES string of the molecule is [CH2]CC(O)CC(O)CCn1c(-c2ccc(F)cc2)nc(CNC[SH](=O)=O)c1C(C)C. The number of aliphatic hydroxyl groups is 2. The van der Waals surface area contributed by atoms with Crippen molar-refractivity contribution in [3.63, 3.8) is 0 Å². The van der Waals surface area contributed by atoms with Crippen LogP contribution in [0.2, 0.25) is 0 Å². The van der Waals surface area contributed by atoms with Crippen molar-refractivity contribution in [2.75, 3.05) is 5.88 Å². The predicted octanol–water partition coefficient (Wildman–Crippen LogP) is 2.20. The molecule has 2 atom stereocenters. The second kappa shape index (κ2) is 11.5. The number of thiol groups is 1. The van der Waals surface area contributed by atoms with Gasteiger partial charge in [0.05, 0.1) is 23.8 Å². The van der Waals surface area contributed by atoms with Crippen molar-refractivity contribution in [2.24, 2.45) is 0 Å². The van der Waals surface area contributed by atoms with Gasteiger partial charge in [-0.2, -0.15) is 0 Å². The Morgan fingerprint density at radius 2 is 1.87 bits per heavy atom. The molecule has 0 aliphatic rings. The van der Waals surface area contributed by atoms with Crippen LogP contribution in [-0.2, 0) is 23.8 Å². The minimum atomic E-state index is -2.54. The Labute approximate surface area is 178 Å². The lowest BCUT2D eigenvalue weighted by Gasteiger charge is -2.19. The predicted molar refractivity (Wildman–Crippen MR) is 115 cm³/mol. The van der Waals surface area contributed by atoms with Crippen LogP contribution in [0.15, 0.2) is 24.3 Å². The van der Waals surface area contributed by atoms with Gasteiger partial charge in [-0.1, -0.05) is 20.8 Å². The molecule has 1 aromatic carbocycles. The fourth-order valence-corrected chi connectivity index (χ4v) is 3.72. The molecule has 3 N–H and O–H groups in total. The van der Waals surface area contributed by atoms with Crippen LogP contribution in [0.4, 0.5) is 4.39 Å². The van der Waals surface area contributed by atoms with Crippen LogP contribution in [0.25, 0.3) is 11.4 Å². The van der Waals surface area contributed by atoms with E-state index >= 15 is 0 Å². The molecule has 0 spiro atoms. The first-order valence-corrected chi connectivity index (χ1v) is 11.4. The van der Waals surface area contributed by atoms with Gasteiger partial charge < -0.3 is 14.8 Å². The summed E-state index contributed by atoms with van der Waals surface area (Å²) in [5.41, 5.74) is 2.37. The van der Waals surface area contributed by atoms with E-state index in [0.29, 0.717) is 30.9 Å². The molecule has 9 heteroatoms. The van der Waals surface area contributed by atoms with Gasteiger partial charge in [0.25, 0.3) is 0 Å². The first-order valence-electron chi connectivity index (χ1n) is 10.1. The Hall–Kier alpha value is -1.81. The van der Waals surface area contributed by atoms with Crippen molar-refractivity contribution < 1.29 is 23.0 Å². The van der Waals surface area contributed by atoms with Gasteiger partial charge in [-0.05, 0) is 49.4 Å². The first-order chi connectivity index (χ1) is 14.2. The zero-order valence-electron chi connectivity index (χ0n) is 17.4. The number of nitrogens with zero attached hydrogens (tertiary/aromatic N) is 2. The molecule has 0 aliphatic carbocycles. The molecule has 0 fully saturated rings. The summed E-state index contributed by atoms with van der Waals surface area (Å²) in [6.45, 7) is 8.41. The number of imidazole rings is 1. The van der Waals surface area contributed by atoms with Gasteiger partial charge in [-0.3, -0.25) is 5.32 Å². The third-order valence-corrected chi connectivity index (χ3v) is 5.31. The average Bonchev–Trinajstić information content (AvgIpc) is 3.05. The lowest BCUT2D eigenvalue weighted by atomic mass is 10.1. The van der Waals surface area contributed by atoms with Gasteiger partial charge >= 0.3 is 0 Å². The van der Waals surface area contributed by atoms with E-state index in [1.165, 1.54) is 12.1 Å². The minimum absolute atomic E-state index is 0.0899. The number of hydrogen-bond acceptors (Lipinski definition) is 6. The van der Waals surface area contributed by atoms with Gasteiger partial charge in [-0.25, -0.2) is 17.8 Å². The number of aliphatic hydroxyl groups excluding tert-OH is 2. The maximum atomic E-state index is 13.4. The minimum Gasteiger partial charge on any atom is -0.393 e. The van der Waals surface area contributed by atoms with E-state index in [0.717, 1.165) is 11.3 Å². The maximum absolute atomic E-state index is 13.4. The van der Waals surface area contributed by atoms with E-state index in [1.54, 1.807) is 12.1 Å². The summed E-state index contributed by atoms with van der Waals surface area (Å²) < 4.78 is 37.2. The van der Waals surface area contributed by atoms with Crippen LogP contribution >= 0.6 is 0 Å². The van der Waals surface area contributed by atoms with Crippen LogP contribution < -0.4 is 5.32 Å². The molecule has 30 heavy (non-hydrogen) atoms. The van der Waals surface area contributed by atoms with Crippen LogP contribution in [-0.4, -0.2) is 46.3 Å². The topological polar surface area (TPSA) is 104 Å². The van der Waals surface area contributed by atoms with E-state index in [-0.39, 0.29) is 30.6 Å². The van der Waals surface area contributed by atoms with E-state index in [9.17, 15) is 23.0 Å². The standard InChI is InChI=1S/C21H31FN3O4S/c1-4-17(26)11-18(27)9-10-25-20(14(2)3)19(12-23-13-30(28)29)24-21(25)15-5-7-16(22)8-6-15/h5-8,14,17-18,23,26-27,30H,1,4,9-13H2,2-3H3. The summed E-state index contributed by atoms with van der Waals surface area (Å²) in [6.07, 6.45) is -0.376. The molecule has 0 saturated heterocycles. The number of rotatable bonds is 12. The smallest absolute Gasteiger partial charge is 0.153 e. The molecule has 7 nitrogen and oxygen atoms in total. The highest BCUT2D eigenvalue weighted by molar-refractivity contribution is 7.72. The van der Waals surface area contributed by atoms with E-state index in [2.05, 4.69) is 12.2 Å². The quantitative estimate of drug-likeness (QED) is 0.377. The van der Waals surface area contributed by atoms with E-state index < -0.39 is 22.9 Å². The highest BCUT2D eigenvalue weighted by atomic mass is 32.2. The molecule has 1 radical (unpaired) electrons. The Morgan fingerprint density at radius 1 is 1.20 bits per heavy atom. The second-order valence-electron chi connectivity index (χ2n) is 7.62. The molecule has 167 valence electrons. The fraction of sp³-hybridized carbons (Fsp3) is 0.524. The van der Waals surface area contributed by atoms with Crippen LogP contribution in [0.3, 0.4) is 0 Å². The van der Waals surface area contributed by atoms with Gasteiger partial charge in [0.2, 0.25) is 0 Å². The van der Waals surface area contributed by atoms with E-state index in [1.807, 2.05) is 18.4 Å². The summed E-state index contributed by atoms with van der Waals surface area (Å²) in [6, 6.07) is 6.02. The third kappa shape index (κ3) is 6.87. The molecule has 2 unspecified atom stereocenters. The molecular formula is C21H31FN3O4S. The summed E-state index contributed by atoms with van der Waals surface area (Å²) in [5.74, 6) is 0.228. The van der Waals surface area contributed by atoms with Crippen molar-refractivity contribution in [1.29, 1.82) is 0 Å². The molecule has 0 aliphatic heterocycles. The molecular weight excluding hydrogens is 409 g/mol. The van der Waals surface area contributed by atoms with Crippen LogP contribution in [0, 0.1) is 12.7 Å². The van der Waals surface area contributed by atoms with Crippen molar-refractivity contribution in [3.05, 3.63) is 48.4 Å². The van der Waals surface area contributed by atoms with Gasteiger partial charge in [0, 0.05) is 24.3 Å². The maximum Gasteiger partial charge on any atom is 0.153 e. The Kier molecular flexibility index (Phi) is 9.41. The Bertz CT molecular complexity index is 873. The molecule has 2 rings (SSSR count). The number of benzene rings is 1. The number of halogens is 1. The monoisotopic (exact) mass is 440 g/mol. The molecule has 1 heterocycles. The third-order valence-electron chi connectivity index (χ3n) is 4.83. The highest BCUT2D eigenvalue weighted by Crippen LogP contribution is 2.29. The van der Waals surface area contributed by atoms with Crippen molar-refractivity contribution >= 4 is 10.7 Å². The van der Waals surface area contributed by atoms with Crippen LogP contribution in [0.5, 0.6) is 0 Å². The zero-order valence-corrected chi connectivity index (χ0v) is 18.3. The van der Waals surface area contributed by atoms with Gasteiger partial charge in [0.1, 0.15) is 11.6 Å². The Morgan fingerprint density at radius 3 is 2.43 bits per heavy atom. The largest absolute Gasteiger partial charge is 0.393 e. The molecule has 2 aromatic rings. The summed E-state index contributed by atoms with van der Waals surface area (Å²) >= 11 is 0. The molecule has 0 saturated carbocycles. The lowest BCUT2D eigenvalue weighted by molar-refractivity contribution is 0.0742. The summed E-state index contributed by atoms with van der Waals surface area (Å²) in [7, 11) is -2.54. The van der Waals surface area contributed by atoms with Crippen molar-refractivity contribution in [2.45, 2.75) is 64.3 Å². The zero-order chi connectivity index (χ0) is 22.3. The molecule has 0 bridgehead atoms. The van der Waals surface area contributed by atoms with Crippen molar-refractivity contribution in [3.8, 4) is 11.4 Å². The highest BCUT2D eigenvalue weighted by Gasteiger charge is 2.21. The van der Waals surface area contributed by atoms with Crippen molar-refractivity contribution in [1.82, 2.24) is 14.9 Å². The molecule has 1 aromatic heterocycles. The van der Waals surface area contributed by atoms with Crippen LogP contribution in [0.1, 0.15) is 50.4 Å².